The molecule has 5 heterocycles. The summed E-state index contributed by atoms with van der Waals surface area (Å²) in [5.41, 5.74) is 13.6. The number of aliphatic hydroxyl groups is 2. The van der Waals surface area contributed by atoms with E-state index in [4.69, 9.17) is 24.7 Å². The van der Waals surface area contributed by atoms with E-state index in [1.807, 2.05) is 30.3 Å². The van der Waals surface area contributed by atoms with Crippen molar-refractivity contribution in [2.75, 3.05) is 20.2 Å². The standard InChI is InChI=1S/C58H77N3O7/c1-6-7-8-12-35(4)44-27-39-18-17-38(44)26-43(62)16-10-22-60-58(59)61-23-21-37-14-9-13-36-15-11-24-66-50-20-19-40(31-52(50)68-56(36)37)57-49(64)32-47-51(67-57)33-53(65-5)55-46-29-42(25-34(2)3)48(63)30-41(46)28-45(39)54(47)55/h17-20,29-31,33-39,43-45,49,56-57,62-64H,6-10,12-16,21-23,25-28,32H2,1-5H3,(H3,59,60,61)/t35-,36+,37+,38+,39+,43+,44+,45-,49+,56-,57-/m0/s1. The summed E-state index contributed by atoms with van der Waals surface area (Å²) in [4.78, 5) is 4.68. The lowest BCUT2D eigenvalue weighted by Crippen LogP contribution is -2.41. The molecule has 3 aromatic carbocycles. The van der Waals surface area contributed by atoms with Gasteiger partial charge in [0.25, 0.3) is 0 Å². The first-order valence-corrected chi connectivity index (χ1v) is 26.3. The minimum atomic E-state index is -0.848. The van der Waals surface area contributed by atoms with E-state index in [9.17, 15) is 15.3 Å². The van der Waals surface area contributed by atoms with Gasteiger partial charge in [-0.25, -0.2) is 0 Å². The molecule has 11 rings (SSSR count). The van der Waals surface area contributed by atoms with E-state index in [1.54, 1.807) is 7.11 Å². The molecule has 11 atom stereocenters. The number of guanidine groups is 1. The van der Waals surface area contributed by atoms with Crippen molar-refractivity contribution < 1.29 is 34.3 Å². The molecule has 0 unspecified atom stereocenters. The second-order valence-electron chi connectivity index (χ2n) is 21.6. The number of unbranched alkanes of at least 4 members (excludes halogenated alkanes) is 2. The molecule has 10 nitrogen and oxygen atoms in total. The Morgan fingerprint density at radius 3 is 2.57 bits per heavy atom. The fraction of sp³-hybridized carbons (Fsp3) is 0.603. The monoisotopic (exact) mass is 928 g/mol. The van der Waals surface area contributed by atoms with Gasteiger partial charge in [0, 0.05) is 49.0 Å². The minimum absolute atomic E-state index is 0.0374. The number of methoxy groups -OCH3 is 1. The van der Waals surface area contributed by atoms with Crippen LogP contribution in [0, 0.1) is 53.5 Å². The summed E-state index contributed by atoms with van der Waals surface area (Å²) in [6, 6.07) is 12.1. The Hall–Kier alpha value is -4.85. The average Bonchev–Trinajstić information content (AvgIpc) is 3.41. The number of aliphatic imine (C=N–C) groups is 1. The number of nitrogens with one attached hydrogen (secondary N) is 1. The van der Waals surface area contributed by atoms with E-state index in [-0.39, 0.29) is 35.7 Å². The normalized spacial score (nSPS) is 29.3. The van der Waals surface area contributed by atoms with E-state index < -0.39 is 18.3 Å². The fourth-order valence-electron chi connectivity index (χ4n) is 13.0. The molecule has 3 aromatic rings. The Balaban J connectivity index is 1.16. The van der Waals surface area contributed by atoms with Crippen LogP contribution in [0.3, 0.4) is 0 Å². The molecule has 5 aliphatic heterocycles. The molecule has 366 valence electrons. The molecular formula is C58H77N3O7. The molecule has 10 heteroatoms. The third kappa shape index (κ3) is 10.4. The second kappa shape index (κ2) is 21.4. The number of nitrogens with zero attached hydrogens (tertiary/aromatic N) is 1. The van der Waals surface area contributed by atoms with Crippen LogP contribution in [0.25, 0.3) is 11.1 Å². The van der Waals surface area contributed by atoms with Crippen molar-refractivity contribution in [3.8, 4) is 51.9 Å². The highest BCUT2D eigenvalue weighted by atomic mass is 16.5. The Kier molecular flexibility index (Phi) is 15.2. The van der Waals surface area contributed by atoms with Gasteiger partial charge in [-0.05, 0) is 151 Å². The number of aromatic hydroxyl groups is 1. The Morgan fingerprint density at radius 1 is 0.912 bits per heavy atom. The van der Waals surface area contributed by atoms with Gasteiger partial charge in [0.15, 0.2) is 17.5 Å². The number of hydrogen-bond acceptors (Lipinski definition) is 10. The van der Waals surface area contributed by atoms with Gasteiger partial charge in [-0.15, -0.1) is 0 Å². The highest BCUT2D eigenvalue weighted by Gasteiger charge is 2.43. The molecule has 8 aliphatic rings. The van der Waals surface area contributed by atoms with Gasteiger partial charge in [-0.1, -0.05) is 83.9 Å². The number of ether oxygens (including phenoxy) is 4. The third-order valence-corrected chi connectivity index (χ3v) is 16.4. The van der Waals surface area contributed by atoms with Crippen molar-refractivity contribution in [2.45, 2.75) is 161 Å². The number of benzene rings is 3. The number of aliphatic hydroxyl groups excluding tert-OH is 2. The summed E-state index contributed by atoms with van der Waals surface area (Å²) < 4.78 is 26.5. The quantitative estimate of drug-likeness (QED) is 0.0846. The molecule has 0 saturated heterocycles. The molecular weight excluding hydrogens is 851 g/mol. The molecule has 1 fully saturated rings. The first-order valence-electron chi connectivity index (χ1n) is 26.3. The molecule has 0 radical (unpaired) electrons. The van der Waals surface area contributed by atoms with Crippen LogP contribution in [-0.4, -0.2) is 59.8 Å². The van der Waals surface area contributed by atoms with Gasteiger partial charge in [0.2, 0.25) is 0 Å². The zero-order chi connectivity index (χ0) is 47.5. The minimum Gasteiger partial charge on any atom is -0.508 e. The molecule has 3 aliphatic carbocycles. The van der Waals surface area contributed by atoms with Crippen LogP contribution in [0.5, 0.6) is 28.7 Å². The first-order chi connectivity index (χ1) is 33.0. The predicted octanol–water partition coefficient (Wildman–Crippen LogP) is 10.7. The zero-order valence-electron chi connectivity index (χ0n) is 41.3. The maximum absolute atomic E-state index is 12.4. The van der Waals surface area contributed by atoms with E-state index in [1.165, 1.54) is 24.8 Å². The van der Waals surface area contributed by atoms with Crippen molar-refractivity contribution >= 4 is 5.96 Å². The molecule has 6 N–H and O–H groups in total. The summed E-state index contributed by atoms with van der Waals surface area (Å²) in [7, 11) is 1.74. The van der Waals surface area contributed by atoms with Crippen molar-refractivity contribution in [2.24, 2.45) is 52.2 Å². The maximum atomic E-state index is 12.4. The highest BCUT2D eigenvalue weighted by Crippen LogP contribution is 2.57. The summed E-state index contributed by atoms with van der Waals surface area (Å²) in [6.45, 7) is 10.3. The Morgan fingerprint density at radius 2 is 1.75 bits per heavy atom. The smallest absolute Gasteiger partial charge is 0.188 e. The first kappa shape index (κ1) is 48.2. The summed E-state index contributed by atoms with van der Waals surface area (Å²) >= 11 is 0. The van der Waals surface area contributed by atoms with Crippen LogP contribution >= 0.6 is 0 Å². The maximum Gasteiger partial charge on any atom is 0.188 e. The molecule has 0 spiro atoms. The topological polar surface area (TPSA) is 148 Å². The largest absolute Gasteiger partial charge is 0.508 e. The lowest BCUT2D eigenvalue weighted by Gasteiger charge is -2.43. The van der Waals surface area contributed by atoms with Crippen LogP contribution in [0.2, 0.25) is 0 Å². The van der Waals surface area contributed by atoms with Gasteiger partial charge in [0.05, 0.1) is 19.3 Å². The number of nitrogens with two attached hydrogens (primary N) is 1. The van der Waals surface area contributed by atoms with E-state index in [2.05, 4.69) is 68.2 Å². The van der Waals surface area contributed by atoms with Crippen molar-refractivity contribution in [1.29, 1.82) is 0 Å². The average molecular weight is 928 g/mol. The van der Waals surface area contributed by atoms with Gasteiger partial charge in [0.1, 0.15) is 35.6 Å². The Bertz CT molecular complexity index is 2380. The number of fused-ring (bicyclic) bond motifs is 2. The molecule has 68 heavy (non-hydrogen) atoms. The molecule has 0 amide bonds. The van der Waals surface area contributed by atoms with Crippen LogP contribution in [0.15, 0.2) is 53.5 Å². The summed E-state index contributed by atoms with van der Waals surface area (Å²) in [6.07, 6.45) is 20.3. The van der Waals surface area contributed by atoms with E-state index >= 15 is 0 Å². The lowest BCUT2D eigenvalue weighted by molar-refractivity contribution is 0.0188. The number of allylic oxidation sites excluding steroid dienone is 2. The summed E-state index contributed by atoms with van der Waals surface area (Å²) in [5, 5.41) is 39.0. The van der Waals surface area contributed by atoms with Crippen molar-refractivity contribution in [1.82, 2.24) is 5.32 Å². The fourth-order valence-corrected chi connectivity index (χ4v) is 13.0. The molecule has 0 aromatic heterocycles. The number of hydrogen-bond donors (Lipinski definition) is 5. The number of phenolic OH excluding ortho intramolecular Hbond substituents is 1. The zero-order valence-corrected chi connectivity index (χ0v) is 41.3. The Labute approximate surface area is 405 Å². The molecule has 1 saturated carbocycles. The van der Waals surface area contributed by atoms with Crippen molar-refractivity contribution in [3.63, 3.8) is 0 Å². The second-order valence-corrected chi connectivity index (χ2v) is 21.6. The van der Waals surface area contributed by atoms with Gasteiger partial charge in [-0.2, -0.15) is 0 Å². The predicted molar refractivity (Wildman–Crippen MR) is 269 cm³/mol. The van der Waals surface area contributed by atoms with E-state index in [0.29, 0.717) is 73.3 Å². The van der Waals surface area contributed by atoms with Gasteiger partial charge < -0.3 is 45.3 Å². The van der Waals surface area contributed by atoms with Crippen LogP contribution in [-0.2, 0) is 19.3 Å². The third-order valence-electron chi connectivity index (χ3n) is 16.4. The van der Waals surface area contributed by atoms with E-state index in [0.717, 1.165) is 109 Å². The molecule has 9 bridgehead atoms. The number of rotatable bonds is 8. The van der Waals surface area contributed by atoms with Crippen LogP contribution < -0.4 is 30.0 Å². The van der Waals surface area contributed by atoms with Crippen LogP contribution in [0.4, 0.5) is 0 Å². The SMILES string of the molecule is CCCCC[C@H](C)[C@H]1C[C@H]2C=C[C@@H]1C[C@H](O)CCCN=C(N)NCC[C@H]1CCC[C@@H]3CC#COc4ccc(cc4O[C@H]13)[C@@H]1Oc3cc(OC)c4c(c3C[C@H]1O)[C@H]2Cc1cc(O)c(CC(C)C)cc1-4. The summed E-state index contributed by atoms with van der Waals surface area (Å²) in [5.74, 6) is 8.90. The lowest BCUT2D eigenvalue weighted by atomic mass is 9.62. The number of phenols is 1. The van der Waals surface area contributed by atoms with Crippen molar-refractivity contribution in [3.05, 3.63) is 76.4 Å². The van der Waals surface area contributed by atoms with Gasteiger partial charge in [-0.3, -0.25) is 4.99 Å². The van der Waals surface area contributed by atoms with Crippen LogP contribution in [0.1, 0.15) is 151 Å². The van der Waals surface area contributed by atoms with Gasteiger partial charge >= 0.3 is 0 Å². The highest BCUT2D eigenvalue weighted by molar-refractivity contribution is 5.84.